The number of hydrogen-bond donors (Lipinski definition) is 1. The highest BCUT2D eigenvalue weighted by molar-refractivity contribution is 5.77. The molecule has 0 saturated heterocycles. The number of aromatic nitrogens is 5. The van der Waals surface area contributed by atoms with E-state index in [1.54, 1.807) is 48.8 Å². The minimum Gasteiger partial charge on any atom is -0.308 e. The van der Waals surface area contributed by atoms with Crippen LogP contribution in [0.4, 0.5) is 0 Å². The lowest BCUT2D eigenvalue weighted by molar-refractivity contribution is 0.377. The molecule has 0 fully saturated rings. The molecule has 4 rings (SSSR count). The quantitative estimate of drug-likeness (QED) is 0.607. The molecule has 8 heteroatoms. The maximum absolute atomic E-state index is 12.1. The van der Waals surface area contributed by atoms with Gasteiger partial charge in [-0.1, -0.05) is 17.3 Å². The molecule has 0 unspecified atom stereocenters. The summed E-state index contributed by atoms with van der Waals surface area (Å²) in [6.45, 7) is 0.0344. The van der Waals surface area contributed by atoms with E-state index in [-0.39, 0.29) is 12.1 Å². The molecule has 0 saturated carbocycles. The number of H-pyrrole nitrogens is 1. The van der Waals surface area contributed by atoms with E-state index < -0.39 is 5.76 Å². The van der Waals surface area contributed by atoms with Crippen molar-refractivity contribution in [2.24, 2.45) is 0 Å². The predicted octanol–water partition coefficient (Wildman–Crippen LogP) is 1.18. The maximum atomic E-state index is 12.1. The lowest BCUT2D eigenvalue weighted by Gasteiger charge is -2.05. The fourth-order valence-electron chi connectivity index (χ4n) is 2.47. The first kappa shape index (κ1) is 14.1. The van der Waals surface area contributed by atoms with Gasteiger partial charge in [0, 0.05) is 18.0 Å². The van der Waals surface area contributed by atoms with Crippen molar-refractivity contribution in [3.63, 3.8) is 0 Å². The molecule has 118 valence electrons. The van der Waals surface area contributed by atoms with Gasteiger partial charge in [-0.15, -0.1) is 0 Å². The van der Waals surface area contributed by atoms with Crippen molar-refractivity contribution in [2.45, 2.75) is 6.54 Å². The minimum atomic E-state index is -0.635. The second kappa shape index (κ2) is 5.58. The molecular formula is C16H11N5O3. The van der Waals surface area contributed by atoms with Crippen LogP contribution >= 0.6 is 0 Å². The largest absolute Gasteiger partial charge is 0.442 e. The molecule has 0 aliphatic rings. The Morgan fingerprint density at radius 3 is 2.83 bits per heavy atom. The average molecular weight is 321 g/mol. The van der Waals surface area contributed by atoms with E-state index in [1.807, 2.05) is 0 Å². The van der Waals surface area contributed by atoms with E-state index in [2.05, 4.69) is 20.1 Å². The molecule has 3 heterocycles. The van der Waals surface area contributed by atoms with E-state index in [1.165, 1.54) is 4.57 Å². The first-order valence-corrected chi connectivity index (χ1v) is 7.17. The van der Waals surface area contributed by atoms with Crippen LogP contribution in [0.15, 0.2) is 62.9 Å². The highest BCUT2D eigenvalue weighted by atomic mass is 16.5. The lowest BCUT2D eigenvalue weighted by atomic mass is 10.2. The van der Waals surface area contributed by atoms with Gasteiger partial charge in [-0.25, -0.2) is 14.3 Å². The topological polar surface area (TPSA) is 107 Å². The summed E-state index contributed by atoms with van der Waals surface area (Å²) in [7, 11) is 0. The smallest absolute Gasteiger partial charge is 0.308 e. The summed E-state index contributed by atoms with van der Waals surface area (Å²) in [4.78, 5) is 35.2. The Bertz CT molecular complexity index is 1130. The molecule has 1 aromatic carbocycles. The van der Waals surface area contributed by atoms with Crippen LogP contribution in [0.3, 0.4) is 0 Å². The van der Waals surface area contributed by atoms with Crippen LogP contribution in [0.25, 0.3) is 22.3 Å². The van der Waals surface area contributed by atoms with Gasteiger partial charge in [-0.3, -0.25) is 14.3 Å². The summed E-state index contributed by atoms with van der Waals surface area (Å²) in [5.41, 5.74) is 0.929. The van der Waals surface area contributed by atoms with Crippen LogP contribution in [0.2, 0.25) is 0 Å². The van der Waals surface area contributed by atoms with Crippen molar-refractivity contribution in [1.29, 1.82) is 0 Å². The molecule has 0 radical (unpaired) electrons. The van der Waals surface area contributed by atoms with E-state index in [9.17, 15) is 9.59 Å². The first-order chi connectivity index (χ1) is 11.7. The van der Waals surface area contributed by atoms with E-state index in [0.29, 0.717) is 28.1 Å². The third-order valence-corrected chi connectivity index (χ3v) is 3.58. The number of aromatic amines is 1. The molecule has 4 aromatic rings. The van der Waals surface area contributed by atoms with Crippen LogP contribution in [0.1, 0.15) is 5.82 Å². The molecule has 24 heavy (non-hydrogen) atoms. The lowest BCUT2D eigenvalue weighted by Crippen LogP contribution is -2.20. The van der Waals surface area contributed by atoms with Crippen molar-refractivity contribution in [3.05, 3.63) is 75.5 Å². The van der Waals surface area contributed by atoms with Gasteiger partial charge in [0.05, 0.1) is 17.4 Å². The number of nitrogens with one attached hydrogen (secondary N) is 1. The molecule has 0 aliphatic carbocycles. The molecule has 3 aromatic heterocycles. The second-order valence-electron chi connectivity index (χ2n) is 5.13. The number of nitrogens with zero attached hydrogens (tertiary/aromatic N) is 4. The van der Waals surface area contributed by atoms with Gasteiger partial charge in [-0.2, -0.15) is 0 Å². The number of fused-ring (bicyclic) bond motifs is 1. The monoisotopic (exact) mass is 321 g/mol. The van der Waals surface area contributed by atoms with E-state index in [0.717, 1.165) is 0 Å². The fraction of sp³-hybridized carbons (Fsp3) is 0.0625. The summed E-state index contributed by atoms with van der Waals surface area (Å²) < 4.78 is 6.05. The molecule has 0 amide bonds. The number of rotatable bonds is 3. The van der Waals surface area contributed by atoms with Crippen LogP contribution in [0, 0.1) is 0 Å². The number of pyridine rings is 1. The summed E-state index contributed by atoms with van der Waals surface area (Å²) in [6.07, 6.45) is 3.19. The van der Waals surface area contributed by atoms with Gasteiger partial charge in [0.15, 0.2) is 5.82 Å². The van der Waals surface area contributed by atoms with Crippen molar-refractivity contribution >= 4 is 10.9 Å². The maximum Gasteiger partial charge on any atom is 0.442 e. The number of hydrogen-bond acceptors (Lipinski definition) is 6. The minimum absolute atomic E-state index is 0.0344. The van der Waals surface area contributed by atoms with Crippen molar-refractivity contribution in [1.82, 2.24) is 24.7 Å². The van der Waals surface area contributed by atoms with E-state index >= 15 is 0 Å². The standard InChI is InChI=1S/C16H11N5O3/c22-15-11-5-1-2-6-12(11)18-13(19-15)9-21-14(20-24-16(21)23)10-4-3-7-17-8-10/h1-8H,9H2,(H,18,19,22). The van der Waals surface area contributed by atoms with Crippen molar-refractivity contribution < 1.29 is 4.52 Å². The van der Waals surface area contributed by atoms with Crippen LogP contribution in [-0.2, 0) is 6.54 Å². The van der Waals surface area contributed by atoms with Crippen LogP contribution < -0.4 is 11.3 Å². The Morgan fingerprint density at radius 2 is 2.00 bits per heavy atom. The SMILES string of the molecule is O=c1[nH]c(Cn2c(-c3cccnc3)noc2=O)nc2ccccc12. The molecule has 0 atom stereocenters. The second-order valence-corrected chi connectivity index (χ2v) is 5.13. The average Bonchev–Trinajstić information content (AvgIpc) is 2.96. The fourth-order valence-corrected chi connectivity index (χ4v) is 2.47. The van der Waals surface area contributed by atoms with Crippen LogP contribution in [0.5, 0.6) is 0 Å². The number of para-hydroxylation sites is 1. The highest BCUT2D eigenvalue weighted by Gasteiger charge is 2.15. The molecule has 0 bridgehead atoms. The Hall–Kier alpha value is -3.55. The van der Waals surface area contributed by atoms with Crippen molar-refractivity contribution in [3.8, 4) is 11.4 Å². The zero-order chi connectivity index (χ0) is 16.5. The highest BCUT2D eigenvalue weighted by Crippen LogP contribution is 2.14. The first-order valence-electron chi connectivity index (χ1n) is 7.17. The molecule has 1 N–H and O–H groups in total. The van der Waals surface area contributed by atoms with Crippen molar-refractivity contribution in [2.75, 3.05) is 0 Å². The molecule has 0 spiro atoms. The third-order valence-electron chi connectivity index (χ3n) is 3.58. The van der Waals surface area contributed by atoms with Gasteiger partial charge < -0.3 is 4.98 Å². The summed E-state index contributed by atoms with van der Waals surface area (Å²) in [5.74, 6) is 0.0303. The van der Waals surface area contributed by atoms with Gasteiger partial charge in [-0.05, 0) is 24.3 Å². The Morgan fingerprint density at radius 1 is 1.12 bits per heavy atom. The summed E-state index contributed by atoms with van der Waals surface area (Å²) in [5, 5.41) is 4.27. The van der Waals surface area contributed by atoms with Gasteiger partial charge in [0.25, 0.3) is 5.56 Å². The zero-order valence-corrected chi connectivity index (χ0v) is 12.3. The Balaban J connectivity index is 1.81. The van der Waals surface area contributed by atoms with Gasteiger partial charge >= 0.3 is 5.76 Å². The van der Waals surface area contributed by atoms with Gasteiger partial charge in [0.1, 0.15) is 5.82 Å². The molecule has 0 aliphatic heterocycles. The summed E-state index contributed by atoms with van der Waals surface area (Å²) >= 11 is 0. The normalized spacial score (nSPS) is 11.0. The van der Waals surface area contributed by atoms with E-state index in [4.69, 9.17) is 4.52 Å². The predicted molar refractivity (Wildman–Crippen MR) is 85.5 cm³/mol. The number of benzene rings is 1. The molecular weight excluding hydrogens is 310 g/mol. The molecule has 8 nitrogen and oxygen atoms in total. The summed E-state index contributed by atoms with van der Waals surface area (Å²) in [6, 6.07) is 10.5. The Kier molecular flexibility index (Phi) is 3.27. The van der Waals surface area contributed by atoms with Gasteiger partial charge in [0.2, 0.25) is 0 Å². The van der Waals surface area contributed by atoms with Crippen LogP contribution in [-0.4, -0.2) is 24.7 Å². The zero-order valence-electron chi connectivity index (χ0n) is 12.3. The third kappa shape index (κ3) is 2.39. The Labute approximate surface area is 134 Å².